The second kappa shape index (κ2) is 5.13. The fourth-order valence-electron chi connectivity index (χ4n) is 2.19. The van der Waals surface area contributed by atoms with Crippen LogP contribution in [0.3, 0.4) is 0 Å². The molecule has 1 aromatic heterocycles. The fraction of sp³-hybridized carbons (Fsp3) is 0.500. The van der Waals surface area contributed by atoms with Crippen LogP contribution in [-0.4, -0.2) is 42.5 Å². The van der Waals surface area contributed by atoms with Crippen LogP contribution >= 0.6 is 0 Å². The van der Waals surface area contributed by atoms with E-state index in [2.05, 4.69) is 9.88 Å². The van der Waals surface area contributed by atoms with Crippen molar-refractivity contribution in [3.05, 3.63) is 24.0 Å². The highest BCUT2D eigenvalue weighted by molar-refractivity contribution is 5.51. The number of ether oxygens (including phenoxy) is 1. The van der Waals surface area contributed by atoms with Crippen molar-refractivity contribution in [3.63, 3.8) is 0 Å². The molecule has 0 radical (unpaired) electrons. The Balaban J connectivity index is 2.23. The predicted octanol–water partition coefficient (Wildman–Crippen LogP) is 0.539. The van der Waals surface area contributed by atoms with Gasteiger partial charge in [-0.2, -0.15) is 5.26 Å². The van der Waals surface area contributed by atoms with Crippen molar-refractivity contribution in [1.82, 2.24) is 4.98 Å². The number of anilines is 1. The van der Waals surface area contributed by atoms with E-state index in [1.807, 2.05) is 12.1 Å². The van der Waals surface area contributed by atoms with Crippen LogP contribution in [0, 0.1) is 11.3 Å². The molecule has 0 aliphatic carbocycles. The second-order valence-corrected chi connectivity index (χ2v) is 4.09. The highest BCUT2D eigenvalue weighted by atomic mass is 16.5. The summed E-state index contributed by atoms with van der Waals surface area (Å²) in [6, 6.07) is 5.65. The first kappa shape index (κ1) is 11.8. The molecule has 0 spiro atoms. The number of aromatic nitrogens is 1. The molecule has 0 bridgehead atoms. The topological polar surface area (TPSA) is 69.4 Å². The van der Waals surface area contributed by atoms with Crippen molar-refractivity contribution in [3.8, 4) is 6.07 Å². The number of methoxy groups -OCH3 is 1. The third-order valence-corrected chi connectivity index (χ3v) is 3.11. The lowest BCUT2D eigenvalue weighted by Crippen LogP contribution is -2.32. The number of hydrogen-bond donors (Lipinski definition) is 1. The summed E-state index contributed by atoms with van der Waals surface area (Å²) in [7, 11) is 1.68. The Hall–Kier alpha value is -1.64. The van der Waals surface area contributed by atoms with Gasteiger partial charge in [-0.25, -0.2) is 4.98 Å². The molecular formula is C12H15N3O2. The average Bonchev–Trinajstić information content (AvgIpc) is 2.82. The van der Waals surface area contributed by atoms with Crippen LogP contribution in [0.5, 0.6) is 0 Å². The molecule has 0 saturated carbocycles. The van der Waals surface area contributed by atoms with Crippen molar-refractivity contribution >= 4 is 5.69 Å². The summed E-state index contributed by atoms with van der Waals surface area (Å²) in [6.45, 7) is 0.820. The minimum absolute atomic E-state index is 0.0499. The lowest BCUT2D eigenvalue weighted by atomic mass is 10.2. The van der Waals surface area contributed by atoms with E-state index in [-0.39, 0.29) is 18.8 Å². The number of nitrogens with zero attached hydrogens (tertiary/aromatic N) is 3. The fourth-order valence-corrected chi connectivity index (χ4v) is 2.19. The Morgan fingerprint density at radius 1 is 1.71 bits per heavy atom. The third-order valence-electron chi connectivity index (χ3n) is 3.11. The van der Waals surface area contributed by atoms with Gasteiger partial charge >= 0.3 is 0 Å². The van der Waals surface area contributed by atoms with Gasteiger partial charge in [0.25, 0.3) is 0 Å². The summed E-state index contributed by atoms with van der Waals surface area (Å²) in [5.74, 6) is 0. The Bertz CT molecular complexity index is 430. The molecule has 1 aliphatic heterocycles. The van der Waals surface area contributed by atoms with E-state index >= 15 is 0 Å². The molecule has 1 N–H and O–H groups in total. The molecular weight excluding hydrogens is 218 g/mol. The summed E-state index contributed by atoms with van der Waals surface area (Å²) in [4.78, 5) is 6.00. The quantitative estimate of drug-likeness (QED) is 0.825. The van der Waals surface area contributed by atoms with Gasteiger partial charge in [0.15, 0.2) is 0 Å². The maximum atomic E-state index is 9.36. The van der Waals surface area contributed by atoms with E-state index in [0.29, 0.717) is 5.69 Å². The van der Waals surface area contributed by atoms with Gasteiger partial charge in [-0.05, 0) is 18.6 Å². The molecule has 1 fully saturated rings. The van der Waals surface area contributed by atoms with Crippen LogP contribution in [0.2, 0.25) is 0 Å². The molecule has 1 aliphatic rings. The highest BCUT2D eigenvalue weighted by Crippen LogP contribution is 2.26. The van der Waals surface area contributed by atoms with Crippen molar-refractivity contribution in [1.29, 1.82) is 5.26 Å². The molecule has 17 heavy (non-hydrogen) atoms. The zero-order chi connectivity index (χ0) is 12.3. The minimum atomic E-state index is 0.0499. The largest absolute Gasteiger partial charge is 0.394 e. The molecule has 5 nitrogen and oxygen atoms in total. The monoisotopic (exact) mass is 233 g/mol. The van der Waals surface area contributed by atoms with Gasteiger partial charge in [-0.15, -0.1) is 0 Å². The first-order chi connectivity index (χ1) is 8.28. The molecule has 0 amide bonds. The average molecular weight is 233 g/mol. The Morgan fingerprint density at radius 2 is 2.53 bits per heavy atom. The van der Waals surface area contributed by atoms with Crippen LogP contribution in [0.4, 0.5) is 5.69 Å². The van der Waals surface area contributed by atoms with Crippen LogP contribution in [0.15, 0.2) is 18.3 Å². The summed E-state index contributed by atoms with van der Waals surface area (Å²) in [6.07, 6.45) is 2.55. The van der Waals surface area contributed by atoms with Crippen LogP contribution in [0.25, 0.3) is 0 Å². The van der Waals surface area contributed by atoms with Crippen LogP contribution < -0.4 is 4.90 Å². The summed E-state index contributed by atoms with van der Waals surface area (Å²) < 4.78 is 5.32. The molecule has 5 heteroatoms. The van der Waals surface area contributed by atoms with E-state index in [1.54, 1.807) is 19.4 Å². The molecule has 0 unspecified atom stereocenters. The van der Waals surface area contributed by atoms with Gasteiger partial charge in [0.1, 0.15) is 11.8 Å². The molecule has 1 saturated heterocycles. The summed E-state index contributed by atoms with van der Waals surface area (Å²) in [5.41, 5.74) is 1.30. The molecule has 2 atom stereocenters. The van der Waals surface area contributed by atoms with Gasteiger partial charge in [-0.1, -0.05) is 0 Å². The number of aliphatic hydroxyl groups is 1. The lowest BCUT2D eigenvalue weighted by Gasteiger charge is -2.24. The minimum Gasteiger partial charge on any atom is -0.394 e. The van der Waals surface area contributed by atoms with E-state index in [1.165, 1.54) is 0 Å². The van der Waals surface area contributed by atoms with Gasteiger partial charge in [0.05, 0.1) is 18.8 Å². The number of rotatable bonds is 3. The van der Waals surface area contributed by atoms with Crippen molar-refractivity contribution in [2.75, 3.05) is 25.2 Å². The maximum absolute atomic E-state index is 9.36. The first-order valence-corrected chi connectivity index (χ1v) is 5.55. The standard InChI is InChI=1S/C12H15N3O2/c1-17-12-5-11(8-16)15(7-12)10-2-3-14-9(4-10)6-13/h2-4,11-12,16H,5,7-8H2,1H3/t11-,12-/m0/s1. The zero-order valence-electron chi connectivity index (χ0n) is 9.71. The van der Waals surface area contributed by atoms with Crippen molar-refractivity contribution in [2.45, 2.75) is 18.6 Å². The molecule has 2 rings (SSSR count). The maximum Gasteiger partial charge on any atom is 0.142 e. The van der Waals surface area contributed by atoms with Crippen molar-refractivity contribution in [2.24, 2.45) is 0 Å². The molecule has 2 heterocycles. The van der Waals surface area contributed by atoms with Gasteiger partial charge < -0.3 is 14.7 Å². The Labute approximate surface area is 100 Å². The third kappa shape index (κ3) is 2.38. The van der Waals surface area contributed by atoms with Crippen LogP contribution in [-0.2, 0) is 4.74 Å². The molecule has 90 valence electrons. The first-order valence-electron chi connectivity index (χ1n) is 5.55. The van der Waals surface area contributed by atoms with Crippen molar-refractivity contribution < 1.29 is 9.84 Å². The lowest BCUT2D eigenvalue weighted by molar-refractivity contribution is 0.115. The van der Waals surface area contributed by atoms with Crippen LogP contribution in [0.1, 0.15) is 12.1 Å². The normalized spacial score (nSPS) is 23.7. The second-order valence-electron chi connectivity index (χ2n) is 4.09. The van der Waals surface area contributed by atoms with E-state index in [9.17, 15) is 5.11 Å². The summed E-state index contributed by atoms with van der Waals surface area (Å²) >= 11 is 0. The molecule has 1 aromatic rings. The van der Waals surface area contributed by atoms with Gasteiger partial charge in [0, 0.05) is 25.5 Å². The van der Waals surface area contributed by atoms with Gasteiger partial charge in [-0.3, -0.25) is 0 Å². The number of pyridine rings is 1. The number of nitriles is 1. The van der Waals surface area contributed by atoms with E-state index < -0.39 is 0 Å². The Morgan fingerprint density at radius 3 is 3.18 bits per heavy atom. The Kier molecular flexibility index (Phi) is 3.57. The van der Waals surface area contributed by atoms with Gasteiger partial charge in [0.2, 0.25) is 0 Å². The summed E-state index contributed by atoms with van der Waals surface area (Å²) in [5, 5.41) is 18.2. The molecule has 0 aromatic carbocycles. The predicted molar refractivity (Wildman–Crippen MR) is 62.6 cm³/mol. The van der Waals surface area contributed by atoms with E-state index in [0.717, 1.165) is 18.7 Å². The smallest absolute Gasteiger partial charge is 0.142 e. The SMILES string of the molecule is CO[C@H]1C[C@@H](CO)N(c2ccnc(C#N)c2)C1. The zero-order valence-corrected chi connectivity index (χ0v) is 9.71. The number of hydrogen-bond acceptors (Lipinski definition) is 5. The number of aliphatic hydroxyl groups excluding tert-OH is 1. The highest BCUT2D eigenvalue weighted by Gasteiger charge is 2.31. The van der Waals surface area contributed by atoms with E-state index in [4.69, 9.17) is 10.00 Å².